The van der Waals surface area contributed by atoms with Gasteiger partial charge in [-0.05, 0) is 98.2 Å². The lowest BCUT2D eigenvalue weighted by Gasteiger charge is -2.57. The summed E-state index contributed by atoms with van der Waals surface area (Å²) in [6.45, 7) is 19.7. The monoisotopic (exact) mass is 559 g/mol. The average Bonchev–Trinajstić information content (AvgIpc) is 2.89. The fourth-order valence-corrected chi connectivity index (χ4v) is 9.29. The number of carbonyl (C=O) groups excluding carboxylic acids is 2. The van der Waals surface area contributed by atoms with E-state index in [4.69, 9.17) is 9.47 Å². The van der Waals surface area contributed by atoms with Crippen molar-refractivity contribution < 1.29 is 19.1 Å². The molecule has 3 aliphatic carbocycles. The molecule has 1 amide bonds. The maximum Gasteiger partial charge on any atom is 0.407 e. The van der Waals surface area contributed by atoms with E-state index in [0.717, 1.165) is 54.8 Å². The maximum absolute atomic E-state index is 12.4. The molecule has 2 fully saturated rings. The first-order chi connectivity index (χ1) is 19.0. The van der Waals surface area contributed by atoms with E-state index in [0.29, 0.717) is 12.0 Å². The minimum absolute atomic E-state index is 0.0737. The smallest absolute Gasteiger partial charge is 0.407 e. The zero-order chi connectivity index (χ0) is 29.5. The summed E-state index contributed by atoms with van der Waals surface area (Å²) in [4.78, 5) is 23.9. The Kier molecular flexibility index (Phi) is 12.0. The van der Waals surface area contributed by atoms with E-state index in [9.17, 15) is 9.59 Å². The Hall–Kier alpha value is -1.52. The van der Waals surface area contributed by atoms with Crippen LogP contribution in [0.1, 0.15) is 132 Å². The van der Waals surface area contributed by atoms with Crippen molar-refractivity contribution in [1.29, 1.82) is 0 Å². The third-order valence-corrected chi connectivity index (χ3v) is 11.6. The molecule has 8 atom stereocenters. The van der Waals surface area contributed by atoms with Crippen molar-refractivity contribution in [1.82, 2.24) is 5.32 Å². The van der Waals surface area contributed by atoms with Gasteiger partial charge >= 0.3 is 12.1 Å². The van der Waals surface area contributed by atoms with Gasteiger partial charge in [-0.15, -0.1) is 0 Å². The zero-order valence-electron chi connectivity index (χ0n) is 27.2. The molecule has 0 saturated heterocycles. The molecule has 1 unspecified atom stereocenters. The van der Waals surface area contributed by atoms with Crippen molar-refractivity contribution in [2.24, 2.45) is 46.3 Å². The minimum atomic E-state index is -0.418. The van der Waals surface area contributed by atoms with Crippen LogP contribution in [0.15, 0.2) is 11.6 Å². The SMILES string of the molecule is CCOC(=O)CCNC(=O)O[C@H]1CC[C@@]2(C)C(=CC[C@H]3C[C@@](C)([C@H](CC)[C@H](C)CCC(CC)C(C)C)CC[C@@H]32)C1. The molecule has 5 heteroatoms. The molecule has 3 aliphatic rings. The second-order valence-electron chi connectivity index (χ2n) is 14.4. The molecule has 0 heterocycles. The number of nitrogens with one attached hydrogen (secondary N) is 1. The quantitative estimate of drug-likeness (QED) is 0.180. The molecule has 0 spiro atoms. The number of alkyl carbamates (subject to hydrolysis) is 1. The molecular formula is C35H61NO4. The fourth-order valence-electron chi connectivity index (χ4n) is 9.29. The Bertz CT molecular complexity index is 867. The van der Waals surface area contributed by atoms with Crippen LogP contribution in [-0.2, 0) is 14.3 Å². The molecule has 0 aliphatic heterocycles. The molecule has 5 nitrogen and oxygen atoms in total. The summed E-state index contributed by atoms with van der Waals surface area (Å²) in [6, 6.07) is 0. The number of allylic oxidation sites excluding steroid dienone is 1. The van der Waals surface area contributed by atoms with Gasteiger partial charge in [0, 0.05) is 13.0 Å². The zero-order valence-corrected chi connectivity index (χ0v) is 27.2. The highest BCUT2D eigenvalue weighted by Crippen LogP contribution is 2.61. The number of hydrogen-bond donors (Lipinski definition) is 1. The summed E-state index contributed by atoms with van der Waals surface area (Å²) >= 11 is 0. The number of rotatable bonds is 13. The summed E-state index contributed by atoms with van der Waals surface area (Å²) in [6.07, 6.45) is 15.7. The summed E-state index contributed by atoms with van der Waals surface area (Å²) in [5, 5.41) is 2.72. The third-order valence-electron chi connectivity index (χ3n) is 11.6. The van der Waals surface area contributed by atoms with Crippen molar-refractivity contribution in [3.63, 3.8) is 0 Å². The molecule has 2 saturated carbocycles. The topological polar surface area (TPSA) is 64.6 Å². The van der Waals surface area contributed by atoms with Crippen LogP contribution >= 0.6 is 0 Å². The van der Waals surface area contributed by atoms with E-state index in [2.05, 4.69) is 59.9 Å². The lowest BCUT2D eigenvalue weighted by Crippen LogP contribution is -2.48. The standard InChI is InChI=1S/C35H61NO4/c1-9-26(24(4)5)13-12-25(6)30(10-2)34(7)19-17-31-27(23-34)14-15-28-22-29(16-20-35(28,31)8)40-33(38)36-21-18-32(37)39-11-3/h15,24-27,29-31H,9-14,16-23H2,1-8H3,(H,36,38)/t25-,26?,27+,29+,30-,31+,34+,35+/m1/s1. The largest absolute Gasteiger partial charge is 0.466 e. The number of hydrogen-bond acceptors (Lipinski definition) is 4. The lowest BCUT2D eigenvalue weighted by molar-refractivity contribution is -0.142. The average molecular weight is 560 g/mol. The van der Waals surface area contributed by atoms with Crippen molar-refractivity contribution in [2.75, 3.05) is 13.2 Å². The Morgan fingerprint density at radius 1 is 1.05 bits per heavy atom. The number of esters is 1. The number of fused-ring (bicyclic) bond motifs is 3. The predicted molar refractivity (Wildman–Crippen MR) is 164 cm³/mol. The van der Waals surface area contributed by atoms with Gasteiger partial charge in [0.05, 0.1) is 13.0 Å². The van der Waals surface area contributed by atoms with Crippen molar-refractivity contribution in [3.8, 4) is 0 Å². The second kappa shape index (κ2) is 14.6. The van der Waals surface area contributed by atoms with Crippen LogP contribution in [0, 0.1) is 46.3 Å². The first-order valence-corrected chi connectivity index (χ1v) is 16.8. The molecule has 40 heavy (non-hydrogen) atoms. The summed E-state index contributed by atoms with van der Waals surface area (Å²) in [5.74, 6) is 4.48. The van der Waals surface area contributed by atoms with Crippen LogP contribution in [0.2, 0.25) is 0 Å². The lowest BCUT2D eigenvalue weighted by atomic mass is 9.48. The summed E-state index contributed by atoms with van der Waals surface area (Å²) in [5.41, 5.74) is 2.20. The van der Waals surface area contributed by atoms with Gasteiger partial charge < -0.3 is 14.8 Å². The van der Waals surface area contributed by atoms with Gasteiger partial charge in [0.1, 0.15) is 6.10 Å². The molecule has 3 rings (SSSR count). The number of ether oxygens (including phenoxy) is 2. The van der Waals surface area contributed by atoms with Crippen molar-refractivity contribution in [2.45, 2.75) is 139 Å². The van der Waals surface area contributed by atoms with Crippen LogP contribution in [0.3, 0.4) is 0 Å². The van der Waals surface area contributed by atoms with E-state index in [-0.39, 0.29) is 30.5 Å². The molecule has 230 valence electrons. The minimum Gasteiger partial charge on any atom is -0.466 e. The van der Waals surface area contributed by atoms with E-state index < -0.39 is 6.09 Å². The molecule has 0 aromatic carbocycles. The first-order valence-electron chi connectivity index (χ1n) is 16.8. The van der Waals surface area contributed by atoms with Gasteiger partial charge in [-0.25, -0.2) is 4.79 Å². The van der Waals surface area contributed by atoms with E-state index in [1.54, 1.807) is 6.92 Å². The van der Waals surface area contributed by atoms with E-state index in [1.165, 1.54) is 56.9 Å². The molecular weight excluding hydrogens is 498 g/mol. The van der Waals surface area contributed by atoms with Gasteiger partial charge in [0.25, 0.3) is 0 Å². The highest BCUT2D eigenvalue weighted by atomic mass is 16.6. The van der Waals surface area contributed by atoms with Gasteiger partial charge in [-0.1, -0.05) is 79.4 Å². The van der Waals surface area contributed by atoms with Crippen LogP contribution in [0.5, 0.6) is 0 Å². The van der Waals surface area contributed by atoms with Crippen LogP contribution in [-0.4, -0.2) is 31.3 Å². The molecule has 0 radical (unpaired) electrons. The molecule has 0 aromatic heterocycles. The number of amides is 1. The fraction of sp³-hybridized carbons (Fsp3) is 0.886. The Balaban J connectivity index is 1.57. The van der Waals surface area contributed by atoms with E-state index in [1.807, 2.05) is 0 Å². The summed E-state index contributed by atoms with van der Waals surface area (Å²) in [7, 11) is 0. The van der Waals surface area contributed by atoms with Gasteiger partial charge in [-0.2, -0.15) is 0 Å². The first kappa shape index (κ1) is 33.0. The third kappa shape index (κ3) is 7.85. The highest BCUT2D eigenvalue weighted by molar-refractivity contribution is 5.71. The van der Waals surface area contributed by atoms with Gasteiger partial charge in [-0.3, -0.25) is 4.79 Å². The van der Waals surface area contributed by atoms with Crippen LogP contribution in [0.4, 0.5) is 4.79 Å². The second-order valence-corrected chi connectivity index (χ2v) is 14.4. The molecule has 1 N–H and O–H groups in total. The van der Waals surface area contributed by atoms with Crippen LogP contribution < -0.4 is 5.32 Å². The predicted octanol–water partition coefficient (Wildman–Crippen LogP) is 9.10. The normalized spacial score (nSPS) is 32.2. The van der Waals surface area contributed by atoms with Gasteiger partial charge in [0.2, 0.25) is 0 Å². The Morgan fingerprint density at radius 3 is 2.45 bits per heavy atom. The maximum atomic E-state index is 12.4. The summed E-state index contributed by atoms with van der Waals surface area (Å²) < 4.78 is 10.7. The Morgan fingerprint density at radius 2 is 1.80 bits per heavy atom. The number of carbonyl (C=O) groups is 2. The van der Waals surface area contributed by atoms with Crippen molar-refractivity contribution >= 4 is 12.1 Å². The van der Waals surface area contributed by atoms with Crippen molar-refractivity contribution in [3.05, 3.63) is 11.6 Å². The van der Waals surface area contributed by atoms with E-state index >= 15 is 0 Å². The molecule has 0 aromatic rings. The Labute approximate surface area is 246 Å². The van der Waals surface area contributed by atoms with Crippen LogP contribution in [0.25, 0.3) is 0 Å². The highest BCUT2D eigenvalue weighted by Gasteiger charge is 2.52. The molecule has 0 bridgehead atoms. The van der Waals surface area contributed by atoms with Gasteiger partial charge in [0.15, 0.2) is 0 Å².